The van der Waals surface area contributed by atoms with Gasteiger partial charge in [0.1, 0.15) is 0 Å². The van der Waals surface area contributed by atoms with Gasteiger partial charge in [0.2, 0.25) is 5.91 Å². The molecule has 0 saturated heterocycles. The van der Waals surface area contributed by atoms with E-state index in [1.54, 1.807) is 6.07 Å². The largest absolute Gasteiger partial charge is 0.478 e. The van der Waals surface area contributed by atoms with Crippen LogP contribution in [0.4, 0.5) is 5.69 Å². The summed E-state index contributed by atoms with van der Waals surface area (Å²) in [5, 5.41) is 14.7. The summed E-state index contributed by atoms with van der Waals surface area (Å²) in [4.78, 5) is 22.6. The van der Waals surface area contributed by atoms with Gasteiger partial charge >= 0.3 is 5.97 Å². The summed E-state index contributed by atoms with van der Waals surface area (Å²) in [5.74, 6) is -1.23. The van der Waals surface area contributed by atoms with Gasteiger partial charge in [0.25, 0.3) is 0 Å². The third-order valence-corrected chi connectivity index (χ3v) is 3.11. The van der Waals surface area contributed by atoms with Crippen molar-refractivity contribution < 1.29 is 14.7 Å². The number of carboxylic acid groups (broad SMARTS) is 1. The van der Waals surface area contributed by atoms with Crippen LogP contribution in [0.2, 0.25) is 0 Å². The summed E-state index contributed by atoms with van der Waals surface area (Å²) in [7, 11) is 0. The third kappa shape index (κ3) is 5.40. The molecule has 0 saturated carbocycles. The Hall–Kier alpha value is -1.40. The van der Waals surface area contributed by atoms with Gasteiger partial charge in [0.15, 0.2) is 0 Å². The van der Waals surface area contributed by atoms with Crippen LogP contribution in [0.1, 0.15) is 30.6 Å². The fraction of sp³-hybridized carbons (Fsp3) is 0.385. The van der Waals surface area contributed by atoms with Crippen LogP contribution in [0.3, 0.4) is 0 Å². The summed E-state index contributed by atoms with van der Waals surface area (Å²) < 4.78 is 0.609. The van der Waals surface area contributed by atoms with Crippen molar-refractivity contribution in [2.24, 2.45) is 0 Å². The van der Waals surface area contributed by atoms with Crippen LogP contribution in [0, 0.1) is 0 Å². The summed E-state index contributed by atoms with van der Waals surface area (Å²) >= 11 is 3.21. The zero-order valence-corrected chi connectivity index (χ0v) is 12.5. The zero-order valence-electron chi connectivity index (χ0n) is 10.9. The molecule has 6 heteroatoms. The Morgan fingerprint density at radius 1 is 1.37 bits per heavy atom. The maximum atomic E-state index is 11.7. The predicted molar refractivity (Wildman–Crippen MR) is 77.5 cm³/mol. The molecule has 0 bridgehead atoms. The topological polar surface area (TPSA) is 78.4 Å². The molecule has 0 aliphatic carbocycles. The van der Waals surface area contributed by atoms with Gasteiger partial charge in [-0.1, -0.05) is 22.9 Å². The van der Waals surface area contributed by atoms with Gasteiger partial charge in [-0.25, -0.2) is 4.79 Å². The minimum Gasteiger partial charge on any atom is -0.478 e. The minimum atomic E-state index is -1.03. The molecule has 1 aromatic rings. The average Bonchev–Trinajstić information content (AvgIpc) is 2.35. The standard InChI is InChI=1S/C13H17BrN2O3/c1-3-8(2)15-7-12(17)16-11-5-9(13(18)19)4-10(14)6-11/h4-6,8,15H,3,7H2,1-2H3,(H,16,17)(H,18,19). The summed E-state index contributed by atoms with van der Waals surface area (Å²) in [6.45, 7) is 4.22. The van der Waals surface area contributed by atoms with Crippen LogP contribution < -0.4 is 10.6 Å². The van der Waals surface area contributed by atoms with Crippen LogP contribution in [0.5, 0.6) is 0 Å². The Morgan fingerprint density at radius 2 is 2.05 bits per heavy atom. The first kappa shape index (κ1) is 15.7. The molecule has 3 N–H and O–H groups in total. The second-order valence-electron chi connectivity index (χ2n) is 4.27. The lowest BCUT2D eigenvalue weighted by Gasteiger charge is -2.11. The van der Waals surface area contributed by atoms with Gasteiger partial charge in [-0.2, -0.15) is 0 Å². The molecular weight excluding hydrogens is 312 g/mol. The first-order valence-corrected chi connectivity index (χ1v) is 6.78. The Bertz CT molecular complexity index is 477. The van der Waals surface area contributed by atoms with E-state index in [4.69, 9.17) is 5.11 Å². The van der Waals surface area contributed by atoms with Crippen molar-refractivity contribution in [3.8, 4) is 0 Å². The number of carboxylic acids is 1. The van der Waals surface area contributed by atoms with E-state index < -0.39 is 5.97 Å². The number of carbonyl (C=O) groups excluding carboxylic acids is 1. The maximum Gasteiger partial charge on any atom is 0.335 e. The highest BCUT2D eigenvalue weighted by Gasteiger charge is 2.09. The minimum absolute atomic E-state index is 0.125. The fourth-order valence-electron chi connectivity index (χ4n) is 1.40. The number of benzene rings is 1. The number of amides is 1. The van der Waals surface area contributed by atoms with E-state index in [9.17, 15) is 9.59 Å². The van der Waals surface area contributed by atoms with Crippen molar-refractivity contribution in [1.82, 2.24) is 5.32 Å². The van der Waals surface area contributed by atoms with E-state index in [0.717, 1.165) is 6.42 Å². The molecule has 0 aliphatic heterocycles. The molecular formula is C13H17BrN2O3. The molecule has 1 aromatic carbocycles. The third-order valence-electron chi connectivity index (χ3n) is 2.65. The SMILES string of the molecule is CCC(C)NCC(=O)Nc1cc(Br)cc(C(=O)O)c1. The monoisotopic (exact) mass is 328 g/mol. The van der Waals surface area contributed by atoms with E-state index in [1.807, 2.05) is 13.8 Å². The van der Waals surface area contributed by atoms with Crippen molar-refractivity contribution in [1.29, 1.82) is 0 Å². The highest BCUT2D eigenvalue weighted by molar-refractivity contribution is 9.10. The van der Waals surface area contributed by atoms with E-state index in [0.29, 0.717) is 10.2 Å². The average molecular weight is 329 g/mol. The van der Waals surface area contributed by atoms with Gasteiger partial charge in [0.05, 0.1) is 12.1 Å². The summed E-state index contributed by atoms with van der Waals surface area (Å²) in [6.07, 6.45) is 0.938. The molecule has 104 valence electrons. The van der Waals surface area contributed by atoms with Gasteiger partial charge in [-0.15, -0.1) is 0 Å². The number of halogens is 1. The number of nitrogens with one attached hydrogen (secondary N) is 2. The Morgan fingerprint density at radius 3 is 2.63 bits per heavy atom. The van der Waals surface area contributed by atoms with Crippen molar-refractivity contribution in [2.45, 2.75) is 26.3 Å². The molecule has 0 fully saturated rings. The number of aromatic carboxylic acids is 1. The van der Waals surface area contributed by atoms with E-state index in [-0.39, 0.29) is 24.1 Å². The molecule has 0 aromatic heterocycles. The highest BCUT2D eigenvalue weighted by atomic mass is 79.9. The van der Waals surface area contributed by atoms with Crippen LogP contribution in [-0.2, 0) is 4.79 Å². The molecule has 1 unspecified atom stereocenters. The first-order valence-electron chi connectivity index (χ1n) is 5.99. The molecule has 0 aliphatic rings. The summed E-state index contributed by atoms with van der Waals surface area (Å²) in [5.41, 5.74) is 0.585. The first-order chi connectivity index (χ1) is 8.92. The normalized spacial score (nSPS) is 11.9. The highest BCUT2D eigenvalue weighted by Crippen LogP contribution is 2.19. The molecule has 1 atom stereocenters. The Kier molecular flexibility index (Phi) is 5.98. The van der Waals surface area contributed by atoms with Gasteiger partial charge in [-0.3, -0.25) is 4.79 Å². The molecule has 19 heavy (non-hydrogen) atoms. The van der Waals surface area contributed by atoms with E-state index in [1.165, 1.54) is 12.1 Å². The van der Waals surface area contributed by atoms with Crippen LogP contribution in [-0.4, -0.2) is 29.6 Å². The zero-order chi connectivity index (χ0) is 14.4. The van der Waals surface area contributed by atoms with Gasteiger partial charge < -0.3 is 15.7 Å². The molecule has 5 nitrogen and oxygen atoms in total. The Balaban J connectivity index is 2.66. The maximum absolute atomic E-state index is 11.7. The van der Waals surface area contributed by atoms with Crippen LogP contribution in [0.15, 0.2) is 22.7 Å². The number of hydrogen-bond donors (Lipinski definition) is 3. The predicted octanol–water partition coefficient (Wildman–Crippen LogP) is 2.47. The van der Waals surface area contributed by atoms with Crippen molar-refractivity contribution in [2.75, 3.05) is 11.9 Å². The molecule has 0 spiro atoms. The van der Waals surface area contributed by atoms with Gasteiger partial charge in [0, 0.05) is 16.2 Å². The van der Waals surface area contributed by atoms with Crippen LogP contribution in [0.25, 0.3) is 0 Å². The fourth-order valence-corrected chi connectivity index (χ4v) is 1.89. The van der Waals surface area contributed by atoms with Crippen molar-refractivity contribution >= 4 is 33.5 Å². The smallest absolute Gasteiger partial charge is 0.335 e. The van der Waals surface area contributed by atoms with Crippen LogP contribution >= 0.6 is 15.9 Å². The number of hydrogen-bond acceptors (Lipinski definition) is 3. The number of carbonyl (C=O) groups is 2. The van der Waals surface area contributed by atoms with E-state index in [2.05, 4.69) is 26.6 Å². The van der Waals surface area contributed by atoms with Crippen molar-refractivity contribution in [3.05, 3.63) is 28.2 Å². The lowest BCUT2D eigenvalue weighted by molar-refractivity contribution is -0.115. The molecule has 1 rings (SSSR count). The second-order valence-corrected chi connectivity index (χ2v) is 5.19. The van der Waals surface area contributed by atoms with E-state index >= 15 is 0 Å². The summed E-state index contributed by atoms with van der Waals surface area (Å²) in [6, 6.07) is 4.83. The number of rotatable bonds is 6. The van der Waals surface area contributed by atoms with Crippen molar-refractivity contribution in [3.63, 3.8) is 0 Å². The van der Waals surface area contributed by atoms with Gasteiger partial charge in [-0.05, 0) is 31.5 Å². The molecule has 1 amide bonds. The quantitative estimate of drug-likeness (QED) is 0.749. The molecule has 0 heterocycles. The second kappa shape index (κ2) is 7.25. The molecule has 0 radical (unpaired) electrons. The number of anilines is 1. The lowest BCUT2D eigenvalue weighted by Crippen LogP contribution is -2.34. The lowest BCUT2D eigenvalue weighted by atomic mass is 10.2. The Labute approximate surface area is 120 Å².